The molecule has 4 nitrogen and oxygen atoms in total. The molecule has 0 saturated heterocycles. The molecular weight excluding hydrogens is 216 g/mol. The highest BCUT2D eigenvalue weighted by atomic mass is 16.2. The third kappa shape index (κ3) is 7.77. The van der Waals surface area contributed by atoms with Gasteiger partial charge in [0.25, 0.3) is 0 Å². The summed E-state index contributed by atoms with van der Waals surface area (Å²) in [5, 5.41) is 5.67. The highest BCUT2D eigenvalue weighted by molar-refractivity contribution is 5.73. The van der Waals surface area contributed by atoms with E-state index in [4.69, 9.17) is 0 Å². The molecule has 0 unspecified atom stereocenters. The van der Waals surface area contributed by atoms with Crippen molar-refractivity contribution in [2.75, 3.05) is 6.54 Å². The van der Waals surface area contributed by atoms with Crippen molar-refractivity contribution < 1.29 is 9.59 Å². The van der Waals surface area contributed by atoms with Crippen molar-refractivity contribution in [2.45, 2.75) is 58.4 Å². The fourth-order valence-electron chi connectivity index (χ4n) is 1.97. The topological polar surface area (TPSA) is 58.2 Å². The lowest BCUT2D eigenvalue weighted by molar-refractivity contribution is -0.120. The number of carbonyl (C=O) groups excluding carboxylic acids is 2. The van der Waals surface area contributed by atoms with Crippen molar-refractivity contribution in [1.29, 1.82) is 0 Å². The lowest BCUT2D eigenvalue weighted by Gasteiger charge is -2.07. The third-order valence-corrected chi connectivity index (χ3v) is 3.10. The molecule has 17 heavy (non-hydrogen) atoms. The number of hydrogen-bond acceptors (Lipinski definition) is 2. The second-order valence-electron chi connectivity index (χ2n) is 5.06. The van der Waals surface area contributed by atoms with Gasteiger partial charge in [0.1, 0.15) is 0 Å². The van der Waals surface area contributed by atoms with E-state index in [1.807, 2.05) is 0 Å². The van der Waals surface area contributed by atoms with Crippen LogP contribution in [0.2, 0.25) is 0 Å². The van der Waals surface area contributed by atoms with E-state index in [1.165, 1.54) is 38.5 Å². The van der Waals surface area contributed by atoms with Gasteiger partial charge in [-0.3, -0.25) is 9.59 Å². The summed E-state index contributed by atoms with van der Waals surface area (Å²) in [5.74, 6) is 1.01. The fourth-order valence-corrected chi connectivity index (χ4v) is 1.97. The predicted molar refractivity (Wildman–Crippen MR) is 67.5 cm³/mol. The van der Waals surface area contributed by atoms with Gasteiger partial charge in [-0.2, -0.15) is 0 Å². The summed E-state index contributed by atoms with van der Waals surface area (Å²) < 4.78 is 0. The SMILES string of the molecule is CC(=O)NC1CCCC1.CC(=O)NCC1CC1. The maximum absolute atomic E-state index is 10.5. The molecule has 0 aromatic heterocycles. The van der Waals surface area contributed by atoms with Crippen LogP contribution in [0.5, 0.6) is 0 Å². The van der Waals surface area contributed by atoms with Gasteiger partial charge in [-0.1, -0.05) is 12.8 Å². The van der Waals surface area contributed by atoms with Gasteiger partial charge in [0, 0.05) is 26.4 Å². The van der Waals surface area contributed by atoms with Crippen LogP contribution >= 0.6 is 0 Å². The minimum atomic E-state index is 0.0944. The molecule has 98 valence electrons. The van der Waals surface area contributed by atoms with E-state index in [1.54, 1.807) is 13.8 Å². The Hall–Kier alpha value is -1.06. The van der Waals surface area contributed by atoms with Crippen LogP contribution in [-0.4, -0.2) is 24.4 Å². The number of rotatable bonds is 3. The smallest absolute Gasteiger partial charge is 0.217 e. The summed E-state index contributed by atoms with van der Waals surface area (Å²) in [6.07, 6.45) is 7.54. The Morgan fingerprint density at radius 2 is 1.59 bits per heavy atom. The van der Waals surface area contributed by atoms with Crippen LogP contribution in [0.15, 0.2) is 0 Å². The van der Waals surface area contributed by atoms with E-state index in [9.17, 15) is 9.59 Å². The van der Waals surface area contributed by atoms with E-state index in [0.717, 1.165) is 12.5 Å². The van der Waals surface area contributed by atoms with Gasteiger partial charge in [-0.05, 0) is 31.6 Å². The van der Waals surface area contributed by atoms with Crippen molar-refractivity contribution in [3.63, 3.8) is 0 Å². The first-order valence-electron chi connectivity index (χ1n) is 6.59. The number of hydrogen-bond donors (Lipinski definition) is 2. The second kappa shape index (κ2) is 7.30. The van der Waals surface area contributed by atoms with Crippen molar-refractivity contribution in [3.8, 4) is 0 Å². The quantitative estimate of drug-likeness (QED) is 0.787. The Morgan fingerprint density at radius 3 is 2.00 bits per heavy atom. The van der Waals surface area contributed by atoms with Crippen LogP contribution < -0.4 is 10.6 Å². The normalized spacial score (nSPS) is 19.2. The van der Waals surface area contributed by atoms with Gasteiger partial charge in [0.05, 0.1) is 0 Å². The van der Waals surface area contributed by atoms with Crippen molar-refractivity contribution in [1.82, 2.24) is 10.6 Å². The standard InChI is InChI=1S/C7H13NO.C6H11NO/c1-6(9)8-7-4-2-3-5-7;1-5(8)7-4-6-2-3-6/h7H,2-5H2,1H3,(H,8,9);6H,2-4H2,1H3,(H,7,8). The molecule has 2 fully saturated rings. The van der Waals surface area contributed by atoms with Gasteiger partial charge < -0.3 is 10.6 Å². The predicted octanol–water partition coefficient (Wildman–Crippen LogP) is 1.60. The zero-order chi connectivity index (χ0) is 12.7. The summed E-state index contributed by atoms with van der Waals surface area (Å²) in [4.78, 5) is 20.8. The van der Waals surface area contributed by atoms with Crippen LogP contribution in [0.3, 0.4) is 0 Å². The molecule has 2 aliphatic rings. The molecule has 2 aliphatic carbocycles. The Bertz CT molecular complexity index is 256. The first kappa shape index (κ1) is 14.0. The van der Waals surface area contributed by atoms with Crippen LogP contribution in [0.25, 0.3) is 0 Å². The summed E-state index contributed by atoms with van der Waals surface area (Å²) in [6, 6.07) is 0.488. The maximum atomic E-state index is 10.5. The molecule has 0 aliphatic heterocycles. The maximum Gasteiger partial charge on any atom is 0.217 e. The first-order valence-corrected chi connectivity index (χ1v) is 6.59. The van der Waals surface area contributed by atoms with Crippen LogP contribution in [0.4, 0.5) is 0 Å². The molecular formula is C13H24N2O2. The Morgan fingerprint density at radius 1 is 1.00 bits per heavy atom. The summed E-state index contributed by atoms with van der Waals surface area (Å²) in [5.41, 5.74) is 0. The lowest BCUT2D eigenvalue weighted by Crippen LogP contribution is -2.30. The van der Waals surface area contributed by atoms with Crippen molar-refractivity contribution >= 4 is 11.8 Å². The highest BCUT2D eigenvalue weighted by Gasteiger charge is 2.20. The molecule has 4 heteroatoms. The van der Waals surface area contributed by atoms with Crippen LogP contribution in [-0.2, 0) is 9.59 Å². The number of carbonyl (C=O) groups is 2. The fraction of sp³-hybridized carbons (Fsp3) is 0.846. The molecule has 2 N–H and O–H groups in total. The van der Waals surface area contributed by atoms with Crippen LogP contribution in [0.1, 0.15) is 52.4 Å². The molecule has 0 radical (unpaired) electrons. The van der Waals surface area contributed by atoms with E-state index >= 15 is 0 Å². The molecule has 2 saturated carbocycles. The summed E-state index contributed by atoms with van der Waals surface area (Å²) >= 11 is 0. The van der Waals surface area contributed by atoms with Crippen LogP contribution in [0, 0.1) is 5.92 Å². The molecule has 0 spiro atoms. The molecule has 0 aromatic rings. The minimum absolute atomic E-state index is 0.0944. The highest BCUT2D eigenvalue weighted by Crippen LogP contribution is 2.27. The Kier molecular flexibility index (Phi) is 6.01. The Balaban J connectivity index is 0.000000171. The molecule has 2 amide bonds. The Labute approximate surface area is 104 Å². The first-order chi connectivity index (χ1) is 8.08. The molecule has 0 heterocycles. The van der Waals surface area contributed by atoms with Crippen molar-refractivity contribution in [2.24, 2.45) is 5.92 Å². The zero-order valence-electron chi connectivity index (χ0n) is 10.9. The lowest BCUT2D eigenvalue weighted by atomic mass is 10.2. The van der Waals surface area contributed by atoms with Crippen molar-refractivity contribution in [3.05, 3.63) is 0 Å². The molecule has 0 aromatic carbocycles. The zero-order valence-corrected chi connectivity index (χ0v) is 10.9. The third-order valence-electron chi connectivity index (χ3n) is 3.10. The molecule has 2 rings (SSSR count). The van der Waals surface area contributed by atoms with E-state index in [2.05, 4.69) is 10.6 Å². The number of amides is 2. The average Bonchev–Trinajstić information content (AvgIpc) is 2.94. The van der Waals surface area contributed by atoms with Gasteiger partial charge in [-0.15, -0.1) is 0 Å². The summed E-state index contributed by atoms with van der Waals surface area (Å²) in [7, 11) is 0. The molecule has 0 bridgehead atoms. The monoisotopic (exact) mass is 240 g/mol. The largest absolute Gasteiger partial charge is 0.356 e. The van der Waals surface area contributed by atoms with E-state index in [-0.39, 0.29) is 11.8 Å². The van der Waals surface area contributed by atoms with Gasteiger partial charge >= 0.3 is 0 Å². The average molecular weight is 240 g/mol. The number of nitrogens with one attached hydrogen (secondary N) is 2. The van der Waals surface area contributed by atoms with Gasteiger partial charge in [0.15, 0.2) is 0 Å². The van der Waals surface area contributed by atoms with E-state index < -0.39 is 0 Å². The van der Waals surface area contributed by atoms with Gasteiger partial charge in [0.2, 0.25) is 11.8 Å². The minimum Gasteiger partial charge on any atom is -0.356 e. The van der Waals surface area contributed by atoms with E-state index in [0.29, 0.717) is 6.04 Å². The van der Waals surface area contributed by atoms with Gasteiger partial charge in [-0.25, -0.2) is 0 Å². The molecule has 0 atom stereocenters. The second-order valence-corrected chi connectivity index (χ2v) is 5.06. The summed E-state index contributed by atoms with van der Waals surface area (Å²) in [6.45, 7) is 4.04.